The van der Waals surface area contributed by atoms with Gasteiger partial charge in [0.05, 0.1) is 30.8 Å². The van der Waals surface area contributed by atoms with Gasteiger partial charge in [0.2, 0.25) is 11.8 Å². The molecule has 0 saturated heterocycles. The molecule has 0 aromatic rings. The minimum atomic E-state index is -1.02. The lowest BCUT2D eigenvalue weighted by atomic mass is 10.3. The number of aliphatic hydroxyl groups excluding tert-OH is 2. The summed E-state index contributed by atoms with van der Waals surface area (Å²) in [5.74, 6) is -0.784. The molecule has 0 aromatic heterocycles. The average Bonchev–Trinajstić information content (AvgIpc) is 2.45. The van der Waals surface area contributed by atoms with Crippen LogP contribution in [0.5, 0.6) is 0 Å². The van der Waals surface area contributed by atoms with Crippen molar-refractivity contribution in [1.82, 2.24) is 16.0 Å². The van der Waals surface area contributed by atoms with E-state index in [0.717, 1.165) is 11.8 Å². The molecule has 5 N–H and O–H groups in total. The third-order valence-electron chi connectivity index (χ3n) is 2.32. The Hall–Kier alpha value is -1.16. The van der Waals surface area contributed by atoms with Crippen molar-refractivity contribution in [1.29, 1.82) is 0 Å². The highest BCUT2D eigenvalue weighted by molar-refractivity contribution is 8.00. The van der Waals surface area contributed by atoms with Gasteiger partial charge in [-0.25, -0.2) is 0 Å². The van der Waals surface area contributed by atoms with E-state index in [1.165, 1.54) is 0 Å². The minimum absolute atomic E-state index is 0.0387. The van der Waals surface area contributed by atoms with Gasteiger partial charge < -0.3 is 20.8 Å². The van der Waals surface area contributed by atoms with Crippen LogP contribution in [0.25, 0.3) is 0 Å². The number of hydrogen-bond acceptors (Lipinski definition) is 7. The molecule has 0 saturated carbocycles. The molecule has 21 heavy (non-hydrogen) atoms. The van der Waals surface area contributed by atoms with Crippen LogP contribution < -0.4 is 16.0 Å². The van der Waals surface area contributed by atoms with Crippen molar-refractivity contribution in [3.05, 3.63) is 0 Å². The Kier molecular flexibility index (Phi) is 10.9. The summed E-state index contributed by atoms with van der Waals surface area (Å²) in [5, 5.41) is 25.8. The zero-order valence-electron chi connectivity index (χ0n) is 12.2. The Balaban J connectivity index is 3.70. The molecule has 0 aromatic carbocycles. The molecule has 2 atom stereocenters. The Morgan fingerprint density at radius 2 is 1.76 bits per heavy atom. The standard InChI is InChI=1S/C12H23N3O5S/c1-3-9(17)4-13-10(18)5-14-11(19)6-15-12(20)7-21-8(2)16/h8,10,13,16,18H,3-7H2,1-2H3,(H,14,19)(H,15,20). The van der Waals surface area contributed by atoms with Crippen LogP contribution in [0.1, 0.15) is 20.3 Å². The lowest BCUT2D eigenvalue weighted by Gasteiger charge is -2.13. The Morgan fingerprint density at radius 3 is 2.33 bits per heavy atom. The molecule has 2 unspecified atom stereocenters. The molecule has 9 heteroatoms. The van der Waals surface area contributed by atoms with Gasteiger partial charge in [-0.1, -0.05) is 6.92 Å². The number of Topliss-reactive ketones (excluding diaryl/α,β-unsaturated/α-hetero) is 1. The number of amides is 2. The largest absolute Gasteiger partial charge is 0.383 e. The van der Waals surface area contributed by atoms with Gasteiger partial charge in [0.25, 0.3) is 0 Å². The monoisotopic (exact) mass is 321 g/mol. The number of aliphatic hydroxyl groups is 2. The van der Waals surface area contributed by atoms with Gasteiger partial charge in [0.15, 0.2) is 0 Å². The van der Waals surface area contributed by atoms with Crippen LogP contribution in [-0.4, -0.2) is 64.9 Å². The summed E-state index contributed by atoms with van der Waals surface area (Å²) in [6.45, 7) is 3.04. The zero-order chi connectivity index (χ0) is 16.3. The smallest absolute Gasteiger partial charge is 0.239 e. The average molecular weight is 321 g/mol. The summed E-state index contributed by atoms with van der Waals surface area (Å²) < 4.78 is 0. The molecule has 8 nitrogen and oxygen atoms in total. The lowest BCUT2D eigenvalue weighted by Crippen LogP contribution is -2.45. The molecule has 0 aliphatic carbocycles. The van der Waals surface area contributed by atoms with Crippen molar-refractivity contribution in [2.75, 3.05) is 25.4 Å². The molecule has 0 aliphatic heterocycles. The highest BCUT2D eigenvalue weighted by Crippen LogP contribution is 2.04. The number of hydrogen-bond donors (Lipinski definition) is 5. The predicted octanol–water partition coefficient (Wildman–Crippen LogP) is -1.82. The summed E-state index contributed by atoms with van der Waals surface area (Å²) in [7, 11) is 0. The van der Waals surface area contributed by atoms with E-state index in [-0.39, 0.29) is 37.1 Å². The highest BCUT2D eigenvalue weighted by Gasteiger charge is 2.10. The molecule has 0 fully saturated rings. The summed E-state index contributed by atoms with van der Waals surface area (Å²) in [6.07, 6.45) is -0.645. The SMILES string of the molecule is CCC(=O)CNC(O)CNC(=O)CNC(=O)CSC(C)O. The van der Waals surface area contributed by atoms with Crippen LogP contribution in [-0.2, 0) is 14.4 Å². The first-order valence-corrected chi connectivity index (χ1v) is 7.66. The van der Waals surface area contributed by atoms with Gasteiger partial charge >= 0.3 is 0 Å². The van der Waals surface area contributed by atoms with E-state index in [1.54, 1.807) is 13.8 Å². The fraction of sp³-hybridized carbons (Fsp3) is 0.750. The molecular formula is C12H23N3O5S. The fourth-order valence-corrected chi connectivity index (χ4v) is 1.62. The molecule has 0 radical (unpaired) electrons. The number of carbonyl (C=O) groups is 3. The minimum Gasteiger partial charge on any atom is -0.383 e. The van der Waals surface area contributed by atoms with Crippen LogP contribution in [0.2, 0.25) is 0 Å². The third-order valence-corrected chi connectivity index (χ3v) is 3.23. The number of nitrogens with one attached hydrogen (secondary N) is 3. The van der Waals surface area contributed by atoms with E-state index in [4.69, 9.17) is 5.11 Å². The highest BCUT2D eigenvalue weighted by atomic mass is 32.2. The second-order valence-corrected chi connectivity index (χ2v) is 5.58. The van der Waals surface area contributed by atoms with E-state index in [0.29, 0.717) is 6.42 Å². The van der Waals surface area contributed by atoms with E-state index >= 15 is 0 Å². The van der Waals surface area contributed by atoms with Gasteiger partial charge in [0.1, 0.15) is 12.0 Å². The molecule has 122 valence electrons. The van der Waals surface area contributed by atoms with Gasteiger partial charge in [0, 0.05) is 6.42 Å². The van der Waals surface area contributed by atoms with Gasteiger partial charge in [-0.2, -0.15) is 0 Å². The van der Waals surface area contributed by atoms with Crippen LogP contribution in [0.4, 0.5) is 0 Å². The maximum absolute atomic E-state index is 11.4. The number of carbonyl (C=O) groups excluding carboxylic acids is 3. The van der Waals surface area contributed by atoms with Crippen molar-refractivity contribution >= 4 is 29.4 Å². The van der Waals surface area contributed by atoms with Crippen molar-refractivity contribution in [3.63, 3.8) is 0 Å². The number of rotatable bonds is 11. The summed E-state index contributed by atoms with van der Waals surface area (Å²) >= 11 is 1.05. The first-order chi connectivity index (χ1) is 9.85. The first kappa shape index (κ1) is 19.8. The molecule has 0 spiro atoms. The third kappa shape index (κ3) is 12.3. The van der Waals surface area contributed by atoms with E-state index in [1.807, 2.05) is 0 Å². The maximum atomic E-state index is 11.4. The Morgan fingerprint density at radius 1 is 1.10 bits per heavy atom. The summed E-state index contributed by atoms with van der Waals surface area (Å²) in [5.41, 5.74) is -0.642. The number of thioether (sulfide) groups is 1. The summed E-state index contributed by atoms with van der Waals surface area (Å²) in [6, 6.07) is 0. The lowest BCUT2D eigenvalue weighted by molar-refractivity contribution is -0.125. The van der Waals surface area contributed by atoms with E-state index in [9.17, 15) is 19.5 Å². The quantitative estimate of drug-likeness (QED) is 0.283. The molecule has 0 aliphatic rings. The molecule has 0 heterocycles. The Bertz CT molecular complexity index is 352. The predicted molar refractivity (Wildman–Crippen MR) is 79.5 cm³/mol. The fourth-order valence-electron chi connectivity index (χ4n) is 1.13. The molecule has 0 rings (SSSR count). The van der Waals surface area contributed by atoms with Crippen LogP contribution >= 0.6 is 11.8 Å². The summed E-state index contributed by atoms with van der Waals surface area (Å²) in [4.78, 5) is 33.7. The van der Waals surface area contributed by atoms with Crippen molar-refractivity contribution in [3.8, 4) is 0 Å². The van der Waals surface area contributed by atoms with Crippen LogP contribution in [0, 0.1) is 0 Å². The van der Waals surface area contributed by atoms with Gasteiger partial charge in [-0.15, -0.1) is 11.8 Å². The normalized spacial score (nSPS) is 13.3. The van der Waals surface area contributed by atoms with Gasteiger partial charge in [-0.3, -0.25) is 19.7 Å². The van der Waals surface area contributed by atoms with Crippen molar-refractivity contribution < 1.29 is 24.6 Å². The second kappa shape index (κ2) is 11.5. The van der Waals surface area contributed by atoms with Crippen molar-refractivity contribution in [2.45, 2.75) is 31.9 Å². The topological polar surface area (TPSA) is 128 Å². The van der Waals surface area contributed by atoms with Crippen LogP contribution in [0.15, 0.2) is 0 Å². The first-order valence-electron chi connectivity index (χ1n) is 6.61. The molecule has 0 bridgehead atoms. The zero-order valence-corrected chi connectivity index (χ0v) is 13.0. The number of ketones is 1. The van der Waals surface area contributed by atoms with E-state index < -0.39 is 17.6 Å². The van der Waals surface area contributed by atoms with E-state index in [2.05, 4.69) is 16.0 Å². The second-order valence-electron chi connectivity index (χ2n) is 4.28. The van der Waals surface area contributed by atoms with Crippen molar-refractivity contribution in [2.24, 2.45) is 0 Å². The van der Waals surface area contributed by atoms with Gasteiger partial charge in [-0.05, 0) is 6.92 Å². The van der Waals surface area contributed by atoms with Crippen LogP contribution in [0.3, 0.4) is 0 Å². The maximum Gasteiger partial charge on any atom is 0.239 e. The molecular weight excluding hydrogens is 298 g/mol. The Labute approximate surface area is 128 Å². The molecule has 2 amide bonds.